The van der Waals surface area contributed by atoms with E-state index in [1.165, 1.54) is 28.0 Å². The molecule has 4 heterocycles. The number of anilines is 2. The molecule has 1 atom stereocenters. The van der Waals surface area contributed by atoms with Crippen LogP contribution in [0.5, 0.6) is 0 Å². The molecular weight excluding hydrogens is 688 g/mol. The van der Waals surface area contributed by atoms with Crippen LogP contribution in [0.1, 0.15) is 38.4 Å². The predicted octanol–water partition coefficient (Wildman–Crippen LogP) is 8.50. The maximum atomic E-state index is 15.3. The number of nitrogens with zero attached hydrogens (tertiary/aromatic N) is 4. The molecule has 8 nitrogen and oxygen atoms in total. The number of para-hydroxylation sites is 1. The van der Waals surface area contributed by atoms with Crippen LogP contribution in [0.2, 0.25) is 5.02 Å². The Hall–Kier alpha value is -5.29. The highest BCUT2D eigenvalue weighted by Crippen LogP contribution is 2.55. The Morgan fingerprint density at radius 2 is 1.60 bits per heavy atom. The Labute approximate surface area is 298 Å². The molecule has 1 unspecified atom stereocenters. The van der Waals surface area contributed by atoms with E-state index in [0.29, 0.717) is 26.4 Å². The molecule has 2 aromatic heterocycles. The predicted molar refractivity (Wildman–Crippen MR) is 197 cm³/mol. The van der Waals surface area contributed by atoms with Crippen molar-refractivity contribution in [3.8, 4) is 0 Å². The molecule has 0 fully saturated rings. The average molecular weight is 713 g/mol. The van der Waals surface area contributed by atoms with Crippen molar-refractivity contribution in [2.24, 2.45) is 0 Å². The highest BCUT2D eigenvalue weighted by atomic mass is 35.5. The zero-order chi connectivity index (χ0) is 34.1. The fraction of sp³-hybridized carbons (Fsp3) is 0.103. The molecular formula is C39H25ClN4O4S2. The van der Waals surface area contributed by atoms with E-state index in [0.717, 1.165) is 27.5 Å². The first-order chi connectivity index (χ1) is 24.4. The number of aryl methyl sites for hydroxylation is 1. The third-order valence-electron chi connectivity index (χ3n) is 9.38. The largest absolute Gasteiger partial charge is 0.450 e. The van der Waals surface area contributed by atoms with E-state index in [4.69, 9.17) is 16.0 Å². The quantitative estimate of drug-likeness (QED) is 0.126. The van der Waals surface area contributed by atoms with Gasteiger partial charge in [-0.25, -0.2) is 0 Å². The van der Waals surface area contributed by atoms with Crippen molar-refractivity contribution in [2.75, 3.05) is 9.80 Å². The van der Waals surface area contributed by atoms with Gasteiger partial charge in [0.15, 0.2) is 15.3 Å². The molecule has 2 aliphatic heterocycles. The summed E-state index contributed by atoms with van der Waals surface area (Å²) in [5.41, 5.74) is 1.63. The third-order valence-corrected chi connectivity index (χ3v) is 11.8. The lowest BCUT2D eigenvalue weighted by molar-refractivity contribution is -0.121. The number of halogens is 1. The number of aromatic nitrogens is 2. The number of carbonyl (C=O) groups excluding carboxylic acids is 2. The van der Waals surface area contributed by atoms with E-state index in [1.807, 2.05) is 61.5 Å². The molecule has 9 rings (SSSR count). The van der Waals surface area contributed by atoms with Crippen molar-refractivity contribution in [1.82, 2.24) is 10.2 Å². The van der Waals surface area contributed by atoms with Crippen molar-refractivity contribution in [1.29, 1.82) is 0 Å². The molecule has 0 bridgehead atoms. The van der Waals surface area contributed by atoms with Crippen LogP contribution in [0.25, 0.3) is 21.7 Å². The molecule has 5 aromatic carbocycles. The topological polar surface area (TPSA) is 96.6 Å². The summed E-state index contributed by atoms with van der Waals surface area (Å²) in [6.45, 7) is 1.99. The molecule has 2 amide bonds. The molecule has 1 spiro atoms. The standard InChI is InChI=1S/C39H25ClN4O4S2/c1-22-17-18-31-27(19-22)33(45)32-34(48-31)35(46)44(37-41-42-38(50-37)49-21-25-12-8-11-23-9-2-4-13-26(23)25)39(32)28-14-5-7-16-30(28)43(36(39)47)20-24-10-3-6-15-29(24)40/h2-19H,20-21H2,1H3. The molecule has 0 N–H and O–H groups in total. The maximum Gasteiger partial charge on any atom is 0.297 e. The van der Waals surface area contributed by atoms with Gasteiger partial charge in [-0.1, -0.05) is 125 Å². The van der Waals surface area contributed by atoms with Crippen LogP contribution in [-0.2, 0) is 22.6 Å². The number of fused-ring (bicyclic) bond motifs is 6. The minimum atomic E-state index is -1.89. The van der Waals surface area contributed by atoms with E-state index < -0.39 is 22.8 Å². The molecule has 0 saturated carbocycles. The second kappa shape index (κ2) is 11.7. The summed E-state index contributed by atoms with van der Waals surface area (Å²) >= 11 is 9.28. The fourth-order valence-corrected chi connectivity index (χ4v) is 9.23. The van der Waals surface area contributed by atoms with E-state index >= 15 is 4.79 Å². The Balaban J connectivity index is 1.21. The smallest absolute Gasteiger partial charge is 0.297 e. The Bertz CT molecular complexity index is 2610. The Morgan fingerprint density at radius 3 is 2.48 bits per heavy atom. The van der Waals surface area contributed by atoms with Gasteiger partial charge in [0.2, 0.25) is 10.9 Å². The van der Waals surface area contributed by atoms with Gasteiger partial charge in [0.05, 0.1) is 23.2 Å². The van der Waals surface area contributed by atoms with Crippen molar-refractivity contribution < 1.29 is 14.0 Å². The second-order valence-corrected chi connectivity index (χ2v) is 14.8. The van der Waals surface area contributed by atoms with Gasteiger partial charge in [0.25, 0.3) is 11.8 Å². The van der Waals surface area contributed by atoms with Crippen LogP contribution in [0, 0.1) is 6.92 Å². The van der Waals surface area contributed by atoms with Gasteiger partial charge in [-0.15, -0.1) is 10.2 Å². The van der Waals surface area contributed by atoms with Gasteiger partial charge in [-0.05, 0) is 53.1 Å². The highest BCUT2D eigenvalue weighted by Gasteiger charge is 2.66. The van der Waals surface area contributed by atoms with E-state index in [-0.39, 0.29) is 34.0 Å². The first-order valence-corrected chi connectivity index (χ1v) is 18.0. The highest BCUT2D eigenvalue weighted by molar-refractivity contribution is 8.00. The zero-order valence-electron chi connectivity index (χ0n) is 26.4. The van der Waals surface area contributed by atoms with Gasteiger partial charge >= 0.3 is 0 Å². The lowest BCUT2D eigenvalue weighted by Crippen LogP contribution is -2.53. The number of benzene rings is 5. The lowest BCUT2D eigenvalue weighted by atomic mass is 9.84. The fourth-order valence-electron chi connectivity index (χ4n) is 7.14. The molecule has 7 aromatic rings. The summed E-state index contributed by atoms with van der Waals surface area (Å²) in [4.78, 5) is 47.5. The first-order valence-electron chi connectivity index (χ1n) is 15.9. The van der Waals surface area contributed by atoms with Gasteiger partial charge in [-0.2, -0.15) is 0 Å². The Kier molecular flexibility index (Phi) is 7.17. The lowest BCUT2D eigenvalue weighted by Gasteiger charge is -2.32. The summed E-state index contributed by atoms with van der Waals surface area (Å²) in [6.07, 6.45) is 0. The summed E-state index contributed by atoms with van der Waals surface area (Å²) in [7, 11) is 0. The SMILES string of the molecule is Cc1ccc2oc3c(c(=O)c2c1)C1(C(=O)N(Cc2ccccc2Cl)c2ccccc21)N(c1nnc(SCc2cccc4ccccc24)s1)C3=O. The molecule has 0 aliphatic carbocycles. The summed E-state index contributed by atoms with van der Waals surface area (Å²) in [5.74, 6) is -0.684. The van der Waals surface area contributed by atoms with E-state index in [2.05, 4.69) is 34.5 Å². The monoisotopic (exact) mass is 712 g/mol. The van der Waals surface area contributed by atoms with Gasteiger partial charge in [0.1, 0.15) is 5.58 Å². The molecule has 244 valence electrons. The number of rotatable bonds is 6. The number of amides is 2. The van der Waals surface area contributed by atoms with Gasteiger partial charge < -0.3 is 9.32 Å². The average Bonchev–Trinajstić information content (AvgIpc) is 3.77. The number of hydrogen-bond acceptors (Lipinski definition) is 8. The van der Waals surface area contributed by atoms with Crippen molar-refractivity contribution >= 4 is 79.1 Å². The summed E-state index contributed by atoms with van der Waals surface area (Å²) in [5, 5.41) is 12.2. The van der Waals surface area contributed by atoms with Crippen molar-refractivity contribution in [3.63, 3.8) is 0 Å². The van der Waals surface area contributed by atoms with Crippen molar-refractivity contribution in [2.45, 2.75) is 29.1 Å². The summed E-state index contributed by atoms with van der Waals surface area (Å²) < 4.78 is 6.86. The van der Waals surface area contributed by atoms with Crippen LogP contribution >= 0.6 is 34.7 Å². The first kappa shape index (κ1) is 30.7. The number of hydrogen-bond donors (Lipinski definition) is 0. The van der Waals surface area contributed by atoms with Crippen LogP contribution in [0.4, 0.5) is 10.8 Å². The molecule has 0 radical (unpaired) electrons. The number of thioether (sulfide) groups is 1. The van der Waals surface area contributed by atoms with Crippen LogP contribution in [-0.4, -0.2) is 22.0 Å². The minimum Gasteiger partial charge on any atom is -0.450 e. The zero-order valence-corrected chi connectivity index (χ0v) is 28.8. The second-order valence-electron chi connectivity index (χ2n) is 12.3. The van der Waals surface area contributed by atoms with E-state index in [1.54, 1.807) is 35.2 Å². The molecule has 2 aliphatic rings. The normalized spacial score (nSPS) is 16.6. The third kappa shape index (κ3) is 4.49. The van der Waals surface area contributed by atoms with Gasteiger partial charge in [0, 0.05) is 16.3 Å². The molecule has 50 heavy (non-hydrogen) atoms. The van der Waals surface area contributed by atoms with Crippen LogP contribution in [0.3, 0.4) is 0 Å². The van der Waals surface area contributed by atoms with Crippen LogP contribution < -0.4 is 15.2 Å². The van der Waals surface area contributed by atoms with Gasteiger partial charge in [-0.3, -0.25) is 19.3 Å². The molecule has 0 saturated heterocycles. The number of carbonyl (C=O) groups is 2. The van der Waals surface area contributed by atoms with Crippen molar-refractivity contribution in [3.05, 3.63) is 158 Å². The van der Waals surface area contributed by atoms with Crippen LogP contribution in [0.15, 0.2) is 123 Å². The summed E-state index contributed by atoms with van der Waals surface area (Å²) in [6, 6.07) is 34.1. The Morgan fingerprint density at radius 1 is 0.840 bits per heavy atom. The van der Waals surface area contributed by atoms with E-state index in [9.17, 15) is 9.59 Å². The maximum absolute atomic E-state index is 15.3. The molecule has 11 heteroatoms. The minimum absolute atomic E-state index is 0.0279.